The van der Waals surface area contributed by atoms with Gasteiger partial charge in [0.05, 0.1) is 0 Å². The molecule has 6 nitrogen and oxygen atoms in total. The molecule has 0 aliphatic rings. The molecule has 14 rings (SSSR count). The van der Waals surface area contributed by atoms with Crippen LogP contribution in [0.15, 0.2) is 201 Å². The van der Waals surface area contributed by atoms with Gasteiger partial charge < -0.3 is 13.3 Å². The first kappa shape index (κ1) is 34.1. The monoisotopic (exact) mass is 805 g/mol. The van der Waals surface area contributed by atoms with Crippen molar-refractivity contribution in [3.05, 3.63) is 188 Å². The van der Waals surface area contributed by atoms with E-state index in [9.17, 15) is 0 Å². The normalized spacial score (nSPS) is 12.1. The van der Waals surface area contributed by atoms with Crippen LogP contribution in [0.4, 0.5) is 0 Å². The zero-order valence-electron chi connectivity index (χ0n) is 33.5. The molecule has 4 aromatic heterocycles. The van der Waals surface area contributed by atoms with E-state index in [-0.39, 0.29) is 0 Å². The van der Waals surface area contributed by atoms with Gasteiger partial charge in [-0.05, 0) is 86.4 Å². The number of aromatic nitrogens is 3. The summed E-state index contributed by atoms with van der Waals surface area (Å²) in [6.07, 6.45) is 0. The molecule has 0 radical (unpaired) electrons. The summed E-state index contributed by atoms with van der Waals surface area (Å²) in [5.74, 6) is 1.68. The second kappa shape index (κ2) is 12.9. The summed E-state index contributed by atoms with van der Waals surface area (Å²) < 4.78 is 19.4. The zero-order valence-corrected chi connectivity index (χ0v) is 33.5. The first-order valence-corrected chi connectivity index (χ1v) is 21.1. The summed E-state index contributed by atoms with van der Waals surface area (Å²) >= 11 is 0. The summed E-state index contributed by atoms with van der Waals surface area (Å²) in [6, 6.07) is 65.1. The van der Waals surface area contributed by atoms with E-state index >= 15 is 0 Å². The van der Waals surface area contributed by atoms with Gasteiger partial charge in [-0.15, -0.1) is 0 Å². The van der Waals surface area contributed by atoms with Crippen LogP contribution in [0.25, 0.3) is 143 Å². The molecule has 0 spiro atoms. The van der Waals surface area contributed by atoms with Crippen LogP contribution in [0.5, 0.6) is 0 Å². The third kappa shape index (κ3) is 5.09. The van der Waals surface area contributed by atoms with Gasteiger partial charge >= 0.3 is 0 Å². The molecule has 14 aromatic rings. The Labute approximate surface area is 358 Å². The molecule has 292 valence electrons. The molecular formula is C57H31N3O3. The molecule has 0 bridgehead atoms. The molecule has 0 amide bonds. The second-order valence-electron chi connectivity index (χ2n) is 16.2. The van der Waals surface area contributed by atoms with Gasteiger partial charge in [0.25, 0.3) is 0 Å². The maximum absolute atomic E-state index is 6.68. The Morgan fingerprint density at radius 2 is 0.698 bits per heavy atom. The van der Waals surface area contributed by atoms with E-state index in [0.717, 1.165) is 99.0 Å². The molecule has 0 N–H and O–H groups in total. The van der Waals surface area contributed by atoms with Gasteiger partial charge in [-0.2, -0.15) is 0 Å². The van der Waals surface area contributed by atoms with Crippen LogP contribution < -0.4 is 0 Å². The highest BCUT2D eigenvalue weighted by molar-refractivity contribution is 6.26. The first-order chi connectivity index (χ1) is 31.2. The number of nitrogens with zero attached hydrogens (tertiary/aromatic N) is 3. The number of benzene rings is 10. The zero-order chi connectivity index (χ0) is 41.2. The van der Waals surface area contributed by atoms with E-state index in [1.165, 1.54) is 26.9 Å². The fourth-order valence-electron chi connectivity index (χ4n) is 9.82. The molecule has 4 heterocycles. The predicted molar refractivity (Wildman–Crippen MR) is 256 cm³/mol. The van der Waals surface area contributed by atoms with Crippen LogP contribution >= 0.6 is 0 Å². The Morgan fingerprint density at radius 3 is 1.41 bits per heavy atom. The van der Waals surface area contributed by atoms with Crippen molar-refractivity contribution in [2.24, 2.45) is 0 Å². The van der Waals surface area contributed by atoms with E-state index in [0.29, 0.717) is 17.5 Å². The number of furan rings is 3. The summed E-state index contributed by atoms with van der Waals surface area (Å²) in [6.45, 7) is 0. The highest BCUT2D eigenvalue weighted by Gasteiger charge is 2.20. The number of hydrogen-bond donors (Lipinski definition) is 0. The van der Waals surface area contributed by atoms with Crippen LogP contribution in [0.3, 0.4) is 0 Å². The van der Waals surface area contributed by atoms with Crippen LogP contribution in [0.1, 0.15) is 0 Å². The maximum atomic E-state index is 6.68. The summed E-state index contributed by atoms with van der Waals surface area (Å²) in [5.41, 5.74) is 9.51. The van der Waals surface area contributed by atoms with Gasteiger partial charge in [0.1, 0.15) is 33.5 Å². The van der Waals surface area contributed by atoms with Crippen LogP contribution in [-0.4, -0.2) is 15.0 Å². The molecule has 0 aliphatic carbocycles. The lowest BCUT2D eigenvalue weighted by Gasteiger charge is -2.13. The van der Waals surface area contributed by atoms with Crippen molar-refractivity contribution in [1.82, 2.24) is 15.0 Å². The lowest BCUT2D eigenvalue weighted by Crippen LogP contribution is -2.00. The standard InChI is InChI=1S/C57H31N3O3/c1-2-13-38-36(11-1)37-12-3-4-14-39(37)47-29-33(24-26-40(38)47)55-58-56(60-57(59-55)46-19-10-22-50-53(46)45-16-6-8-21-49(45)61-50)34-25-28-43-42-27-23-32(30-51(42)62-52(43)31-34)35-17-9-18-44-41-15-5-7-20-48(41)63-54(35)44/h1-31H. The third-order valence-electron chi connectivity index (χ3n) is 12.7. The SMILES string of the molecule is c1ccc2c(c1)oc1c(-c3ccc4c(c3)oc3cc(-c5nc(-c6ccc7c8ccccc8c8ccccc8c7c6)nc(-c6cccc7oc8ccccc8c67)n5)ccc34)cccc12. The van der Waals surface area contributed by atoms with Crippen LogP contribution in [-0.2, 0) is 0 Å². The quantitative estimate of drug-likeness (QED) is 0.165. The second-order valence-corrected chi connectivity index (χ2v) is 16.2. The maximum Gasteiger partial charge on any atom is 0.164 e. The number of hydrogen-bond acceptors (Lipinski definition) is 6. The largest absolute Gasteiger partial charge is 0.456 e. The number of fused-ring (bicyclic) bond motifs is 15. The van der Waals surface area contributed by atoms with Gasteiger partial charge in [-0.1, -0.05) is 140 Å². The molecule has 6 heteroatoms. The van der Waals surface area contributed by atoms with Gasteiger partial charge in [0, 0.05) is 54.6 Å². The fraction of sp³-hybridized carbons (Fsp3) is 0. The minimum atomic E-state index is 0.544. The summed E-state index contributed by atoms with van der Waals surface area (Å²) in [5, 5.41) is 13.4. The van der Waals surface area contributed by atoms with Crippen molar-refractivity contribution in [2.45, 2.75) is 0 Å². The molecular weight excluding hydrogens is 775 g/mol. The van der Waals surface area contributed by atoms with Crippen molar-refractivity contribution in [1.29, 1.82) is 0 Å². The van der Waals surface area contributed by atoms with Gasteiger partial charge in [-0.3, -0.25) is 0 Å². The van der Waals surface area contributed by atoms with Crippen molar-refractivity contribution in [3.8, 4) is 45.3 Å². The highest BCUT2D eigenvalue weighted by Crippen LogP contribution is 2.42. The van der Waals surface area contributed by atoms with Gasteiger partial charge in [0.2, 0.25) is 0 Å². The Hall–Kier alpha value is -8.61. The highest BCUT2D eigenvalue weighted by atomic mass is 16.3. The smallest absolute Gasteiger partial charge is 0.164 e. The van der Waals surface area contributed by atoms with E-state index in [1.807, 2.05) is 54.6 Å². The van der Waals surface area contributed by atoms with Crippen molar-refractivity contribution in [3.63, 3.8) is 0 Å². The Morgan fingerprint density at radius 1 is 0.254 bits per heavy atom. The van der Waals surface area contributed by atoms with Crippen molar-refractivity contribution >= 4 is 98.1 Å². The fourth-order valence-corrected chi connectivity index (χ4v) is 9.82. The third-order valence-corrected chi connectivity index (χ3v) is 12.7. The topological polar surface area (TPSA) is 78.1 Å². The average molecular weight is 806 g/mol. The molecule has 0 fully saturated rings. The summed E-state index contributed by atoms with van der Waals surface area (Å²) in [4.78, 5) is 15.7. The van der Waals surface area contributed by atoms with Crippen LogP contribution in [0, 0.1) is 0 Å². The first-order valence-electron chi connectivity index (χ1n) is 21.1. The van der Waals surface area contributed by atoms with E-state index in [2.05, 4.69) is 133 Å². The molecule has 0 aliphatic heterocycles. The van der Waals surface area contributed by atoms with Gasteiger partial charge in [0.15, 0.2) is 17.5 Å². The van der Waals surface area contributed by atoms with E-state index in [4.69, 9.17) is 28.2 Å². The Kier molecular flexibility index (Phi) is 7.02. The molecule has 10 aromatic carbocycles. The minimum Gasteiger partial charge on any atom is -0.456 e. The van der Waals surface area contributed by atoms with Crippen LogP contribution in [0.2, 0.25) is 0 Å². The van der Waals surface area contributed by atoms with Crippen molar-refractivity contribution in [2.75, 3.05) is 0 Å². The molecule has 0 unspecified atom stereocenters. The predicted octanol–water partition coefficient (Wildman–Crippen LogP) is 15.7. The van der Waals surface area contributed by atoms with E-state index < -0.39 is 0 Å². The molecule has 0 atom stereocenters. The Balaban J connectivity index is 0.960. The van der Waals surface area contributed by atoms with Crippen molar-refractivity contribution < 1.29 is 13.3 Å². The molecule has 0 saturated carbocycles. The van der Waals surface area contributed by atoms with E-state index in [1.54, 1.807) is 0 Å². The minimum absolute atomic E-state index is 0.544. The molecule has 0 saturated heterocycles. The summed E-state index contributed by atoms with van der Waals surface area (Å²) in [7, 11) is 0. The average Bonchev–Trinajstić information content (AvgIpc) is 4.04. The Bertz CT molecular complexity index is 4200. The lowest BCUT2D eigenvalue weighted by molar-refractivity contribution is 0.668. The lowest BCUT2D eigenvalue weighted by atomic mass is 9.93. The van der Waals surface area contributed by atoms with Gasteiger partial charge in [-0.25, -0.2) is 15.0 Å². The number of para-hydroxylation sites is 3. The molecule has 63 heavy (non-hydrogen) atoms. The number of rotatable bonds is 4.